The van der Waals surface area contributed by atoms with Gasteiger partial charge in [-0.3, -0.25) is 29.7 Å². The number of aromatic nitrogens is 4. The molecule has 0 amide bonds. The van der Waals surface area contributed by atoms with Crippen molar-refractivity contribution < 1.29 is 55.3 Å². The van der Waals surface area contributed by atoms with Gasteiger partial charge in [0.25, 0.3) is 11.4 Å². The molecule has 2 N–H and O–H groups in total. The number of rotatable bonds is 12. The fourth-order valence-electron chi connectivity index (χ4n) is 4.71. The SMILES string of the molecule is O=[N+]([O-])c1ccc(NS(=O)(=O)c2c([O-])on[n+]2-c2ccc(Cc3ccc(-[n+]4noc([O-])c4S(=O)(=O)Nc4ccc([N+](=O)[O-])cc4)cc3)cc2)cc1. The highest BCUT2D eigenvalue weighted by Gasteiger charge is 2.35. The summed E-state index contributed by atoms with van der Waals surface area (Å²) in [6.07, 6.45) is 0.340. The Labute approximate surface area is 285 Å². The van der Waals surface area contributed by atoms with E-state index in [4.69, 9.17) is 0 Å². The van der Waals surface area contributed by atoms with Crippen molar-refractivity contribution in [3.63, 3.8) is 0 Å². The third-order valence-corrected chi connectivity index (χ3v) is 9.79. The molecule has 4 aromatic carbocycles. The molecular formula is C29H20N8O12S2. The number of nitro benzene ring substituents is 2. The molecule has 0 radical (unpaired) electrons. The van der Waals surface area contributed by atoms with Crippen LogP contribution in [0, 0.1) is 20.2 Å². The van der Waals surface area contributed by atoms with Crippen LogP contribution in [0.4, 0.5) is 22.7 Å². The lowest BCUT2D eigenvalue weighted by atomic mass is 10.0. The Hall–Kier alpha value is -6.94. The lowest BCUT2D eigenvalue weighted by molar-refractivity contribution is -0.706. The van der Waals surface area contributed by atoms with E-state index in [0.717, 1.165) is 69.0 Å². The summed E-state index contributed by atoms with van der Waals surface area (Å²) in [5.74, 6) is -2.50. The number of nitrogens with zero attached hydrogens (tertiary/aromatic N) is 6. The lowest BCUT2D eigenvalue weighted by Gasteiger charge is -2.06. The number of hydrogen-bond acceptors (Lipinski definition) is 14. The van der Waals surface area contributed by atoms with Crippen LogP contribution in [-0.4, -0.2) is 37.2 Å². The topological polar surface area (TPSA) is 285 Å². The van der Waals surface area contributed by atoms with Crippen LogP contribution in [-0.2, 0) is 26.5 Å². The molecule has 0 bridgehead atoms. The van der Waals surface area contributed by atoms with Crippen molar-refractivity contribution in [2.24, 2.45) is 0 Å². The molecule has 0 aliphatic carbocycles. The molecule has 6 aromatic rings. The van der Waals surface area contributed by atoms with E-state index in [2.05, 4.69) is 29.0 Å². The molecule has 0 unspecified atom stereocenters. The van der Waals surface area contributed by atoms with Crippen LogP contribution in [0.3, 0.4) is 0 Å². The maximum Gasteiger partial charge on any atom is 0.373 e. The number of hydrogen-bond donors (Lipinski definition) is 2. The number of benzene rings is 4. The average Bonchev–Trinajstić information content (AvgIpc) is 3.69. The van der Waals surface area contributed by atoms with Crippen molar-refractivity contribution in [3.8, 4) is 23.3 Å². The van der Waals surface area contributed by atoms with Crippen molar-refractivity contribution >= 4 is 42.8 Å². The normalized spacial score (nSPS) is 11.6. The van der Waals surface area contributed by atoms with E-state index in [1.807, 2.05) is 0 Å². The third-order valence-electron chi connectivity index (χ3n) is 7.08. The third kappa shape index (κ3) is 7.11. The van der Waals surface area contributed by atoms with E-state index < -0.39 is 51.8 Å². The zero-order chi connectivity index (χ0) is 36.5. The lowest BCUT2D eigenvalue weighted by Crippen LogP contribution is -2.40. The quantitative estimate of drug-likeness (QED) is 0.102. The molecule has 2 heterocycles. The zero-order valence-electron chi connectivity index (χ0n) is 25.3. The monoisotopic (exact) mass is 736 g/mol. The van der Waals surface area contributed by atoms with Gasteiger partial charge in [0.2, 0.25) is 11.4 Å². The Morgan fingerprint density at radius 2 is 0.902 bits per heavy atom. The van der Waals surface area contributed by atoms with Crippen LogP contribution in [0.15, 0.2) is 116 Å². The molecule has 2 aromatic heterocycles. The van der Waals surface area contributed by atoms with Gasteiger partial charge >= 0.3 is 30.1 Å². The van der Waals surface area contributed by atoms with Crippen molar-refractivity contribution in [2.45, 2.75) is 16.5 Å². The number of non-ortho nitro benzene ring substituents is 2. The highest BCUT2D eigenvalue weighted by atomic mass is 32.2. The van der Waals surface area contributed by atoms with Gasteiger partial charge in [-0.2, -0.15) is 16.8 Å². The molecule has 0 atom stereocenters. The molecule has 0 aliphatic heterocycles. The van der Waals surface area contributed by atoms with E-state index >= 15 is 0 Å². The van der Waals surface area contributed by atoms with Crippen LogP contribution in [0.25, 0.3) is 11.4 Å². The summed E-state index contributed by atoms with van der Waals surface area (Å²) in [7, 11) is -9.10. The minimum Gasteiger partial charge on any atom is -0.538 e. The molecule has 0 aliphatic rings. The van der Waals surface area contributed by atoms with Gasteiger partial charge in [0.1, 0.15) is 0 Å². The molecule has 0 saturated carbocycles. The Morgan fingerprint density at radius 1 is 0.569 bits per heavy atom. The first-order valence-corrected chi connectivity index (χ1v) is 17.1. The second kappa shape index (κ2) is 13.2. The van der Waals surface area contributed by atoms with Crippen molar-refractivity contribution in [1.82, 2.24) is 10.5 Å². The molecular weight excluding hydrogens is 716 g/mol. The van der Waals surface area contributed by atoms with Gasteiger partial charge in [0.05, 0.1) is 20.4 Å². The van der Waals surface area contributed by atoms with Gasteiger partial charge in [-0.15, -0.1) is 0 Å². The van der Waals surface area contributed by atoms with Gasteiger partial charge in [0, 0.05) is 59.9 Å². The first-order valence-electron chi connectivity index (χ1n) is 14.1. The second-order valence-corrected chi connectivity index (χ2v) is 13.7. The van der Waals surface area contributed by atoms with E-state index in [9.17, 15) is 47.3 Å². The molecule has 22 heteroatoms. The Morgan fingerprint density at radius 3 is 1.22 bits per heavy atom. The van der Waals surface area contributed by atoms with Gasteiger partial charge < -0.3 is 19.3 Å². The highest BCUT2D eigenvalue weighted by molar-refractivity contribution is 7.92. The largest absolute Gasteiger partial charge is 0.538 e. The average molecular weight is 737 g/mol. The Kier molecular flexibility index (Phi) is 8.76. The van der Waals surface area contributed by atoms with Crippen molar-refractivity contribution in [3.05, 3.63) is 128 Å². The van der Waals surface area contributed by atoms with Gasteiger partial charge in [-0.25, -0.2) is 0 Å². The maximum absolute atomic E-state index is 13.1. The Bertz CT molecular complexity index is 2310. The van der Waals surface area contributed by atoms with Crippen LogP contribution < -0.4 is 29.0 Å². The van der Waals surface area contributed by atoms with Crippen molar-refractivity contribution in [2.75, 3.05) is 9.44 Å². The molecule has 20 nitrogen and oxygen atoms in total. The summed E-state index contributed by atoms with van der Waals surface area (Å²) >= 11 is 0. The summed E-state index contributed by atoms with van der Waals surface area (Å²) in [6, 6.07) is 21.5. The van der Waals surface area contributed by atoms with Crippen LogP contribution >= 0.6 is 0 Å². The smallest absolute Gasteiger partial charge is 0.373 e. The van der Waals surface area contributed by atoms with Gasteiger partial charge in [0.15, 0.2) is 11.9 Å². The predicted molar refractivity (Wildman–Crippen MR) is 166 cm³/mol. The number of sulfonamides is 2. The van der Waals surface area contributed by atoms with Gasteiger partial charge in [-0.05, 0) is 51.2 Å². The van der Waals surface area contributed by atoms with E-state index in [-0.39, 0.29) is 34.1 Å². The molecule has 0 saturated heterocycles. The van der Waals surface area contributed by atoms with Crippen LogP contribution in [0.5, 0.6) is 11.9 Å². The maximum atomic E-state index is 13.1. The van der Waals surface area contributed by atoms with Crippen LogP contribution in [0.2, 0.25) is 0 Å². The standard InChI is InChI=1S/C29H20N8O12S2/c38-28-26(50(44,45)30-20-5-13-24(14-6-20)36(40)41)34(32-48-28)22-9-1-18(2-10-22)17-19-3-11-23(12-4-19)35-27(29(39)49-33-35)51(46,47)31-21-7-15-25(16-8-21)37(42)43/h1-16,30-31H,17H2. The highest BCUT2D eigenvalue weighted by Crippen LogP contribution is 2.24. The number of nitro groups is 2. The summed E-state index contributed by atoms with van der Waals surface area (Å²) in [5.41, 5.74) is 1.19. The molecule has 0 spiro atoms. The molecule has 51 heavy (non-hydrogen) atoms. The summed E-state index contributed by atoms with van der Waals surface area (Å²) in [6.45, 7) is 0. The first kappa shape index (κ1) is 33.9. The molecule has 0 fully saturated rings. The Balaban J connectivity index is 1.17. The fourth-order valence-corrected chi connectivity index (χ4v) is 7.04. The van der Waals surface area contributed by atoms with E-state index in [1.165, 1.54) is 24.3 Å². The van der Waals surface area contributed by atoms with Crippen LogP contribution in [0.1, 0.15) is 11.1 Å². The fraction of sp³-hybridized carbons (Fsp3) is 0.0345. The minimum absolute atomic E-state index is 0.0405. The first-order chi connectivity index (χ1) is 24.2. The zero-order valence-corrected chi connectivity index (χ0v) is 27.0. The molecule has 260 valence electrons. The van der Waals surface area contributed by atoms with E-state index in [0.29, 0.717) is 6.42 Å². The minimum atomic E-state index is -4.55. The van der Waals surface area contributed by atoms with Gasteiger partial charge in [-0.1, -0.05) is 24.3 Å². The van der Waals surface area contributed by atoms with E-state index in [1.54, 1.807) is 24.3 Å². The summed E-state index contributed by atoms with van der Waals surface area (Å²) in [5, 5.41) is 52.0. The summed E-state index contributed by atoms with van der Waals surface area (Å²) < 4.78 is 67.5. The number of nitrogens with one attached hydrogen (secondary N) is 2. The van der Waals surface area contributed by atoms with Crippen molar-refractivity contribution in [1.29, 1.82) is 0 Å². The number of anilines is 2. The molecule has 6 rings (SSSR count). The summed E-state index contributed by atoms with van der Waals surface area (Å²) in [4.78, 5) is 20.5. The predicted octanol–water partition coefficient (Wildman–Crippen LogP) is 1.37. The second-order valence-electron chi connectivity index (χ2n) is 10.5.